The van der Waals surface area contributed by atoms with E-state index in [0.29, 0.717) is 12.8 Å². The Kier molecular flexibility index (Phi) is 5.34. The zero-order valence-electron chi connectivity index (χ0n) is 14.3. The molecule has 1 aliphatic heterocycles. The van der Waals surface area contributed by atoms with Gasteiger partial charge in [-0.2, -0.15) is 21.6 Å². The van der Waals surface area contributed by atoms with Crippen molar-refractivity contribution < 1.29 is 54.7 Å². The standard InChI is InChI=1S/C15H17F3O9S/c16-15(17,18)9(28(22,23)24)5-25-10(19)1-2-11(20)26-12-6-3-7-8(4-6)14(21)27-13(7)12/h6-9,12-13H,1-5H2,(H,22,23,24). The number of esters is 3. The lowest BCUT2D eigenvalue weighted by Gasteiger charge is -2.25. The van der Waals surface area contributed by atoms with Crippen LogP contribution in [0.2, 0.25) is 0 Å². The number of alkyl halides is 3. The predicted octanol–water partition coefficient (Wildman–Crippen LogP) is 0.622. The highest BCUT2D eigenvalue weighted by Gasteiger charge is 2.63. The summed E-state index contributed by atoms with van der Waals surface area (Å²) in [6.07, 6.45) is -6.31. The van der Waals surface area contributed by atoms with E-state index < -0.39 is 65.1 Å². The van der Waals surface area contributed by atoms with Gasteiger partial charge in [0.05, 0.1) is 18.8 Å². The highest BCUT2D eigenvalue weighted by atomic mass is 32.2. The molecule has 0 amide bonds. The molecule has 0 spiro atoms. The van der Waals surface area contributed by atoms with E-state index in [2.05, 4.69) is 4.74 Å². The number of fused-ring (bicyclic) bond motifs is 1. The largest absolute Gasteiger partial charge is 0.464 e. The van der Waals surface area contributed by atoms with E-state index in [1.807, 2.05) is 0 Å². The first-order valence-corrected chi connectivity index (χ1v) is 9.97. The number of carbonyl (C=O) groups excluding carboxylic acids is 3. The van der Waals surface area contributed by atoms with Crippen LogP contribution in [0.4, 0.5) is 13.2 Å². The molecule has 0 radical (unpaired) electrons. The van der Waals surface area contributed by atoms with Crippen molar-refractivity contribution >= 4 is 28.0 Å². The second-order valence-electron chi connectivity index (χ2n) is 7.09. The third-order valence-corrected chi connectivity index (χ3v) is 6.46. The Balaban J connectivity index is 1.44. The zero-order chi connectivity index (χ0) is 20.9. The molecule has 2 saturated carbocycles. The van der Waals surface area contributed by atoms with Crippen molar-refractivity contribution in [1.29, 1.82) is 0 Å². The van der Waals surface area contributed by atoms with Crippen molar-refractivity contribution in [3.8, 4) is 0 Å². The fourth-order valence-electron chi connectivity index (χ4n) is 4.07. The van der Waals surface area contributed by atoms with E-state index in [9.17, 15) is 36.0 Å². The summed E-state index contributed by atoms with van der Waals surface area (Å²) in [5, 5.41) is -3.27. The predicted molar refractivity (Wildman–Crippen MR) is 81.0 cm³/mol. The van der Waals surface area contributed by atoms with Gasteiger partial charge in [-0.15, -0.1) is 0 Å². The molecule has 3 aliphatic rings. The monoisotopic (exact) mass is 430 g/mol. The third-order valence-electron chi connectivity index (χ3n) is 5.33. The Morgan fingerprint density at radius 3 is 2.46 bits per heavy atom. The van der Waals surface area contributed by atoms with Gasteiger partial charge in [0.25, 0.3) is 10.1 Å². The third kappa shape index (κ3) is 4.09. The Morgan fingerprint density at radius 1 is 1.21 bits per heavy atom. The molecule has 6 unspecified atom stereocenters. The summed E-state index contributed by atoms with van der Waals surface area (Å²) in [4.78, 5) is 35.0. The normalized spacial score (nSPS) is 32.1. The maximum absolute atomic E-state index is 12.5. The lowest BCUT2D eigenvalue weighted by atomic mass is 9.88. The maximum Gasteiger partial charge on any atom is 0.411 e. The molecule has 2 aliphatic carbocycles. The van der Waals surface area contributed by atoms with E-state index in [1.165, 1.54) is 0 Å². The summed E-state index contributed by atoms with van der Waals surface area (Å²) < 4.78 is 82.4. The van der Waals surface area contributed by atoms with Crippen molar-refractivity contribution in [3.05, 3.63) is 0 Å². The highest BCUT2D eigenvalue weighted by molar-refractivity contribution is 7.86. The van der Waals surface area contributed by atoms with E-state index in [1.54, 1.807) is 0 Å². The molecule has 158 valence electrons. The molecule has 9 nitrogen and oxygen atoms in total. The van der Waals surface area contributed by atoms with Gasteiger partial charge < -0.3 is 14.2 Å². The average molecular weight is 430 g/mol. The van der Waals surface area contributed by atoms with Crippen molar-refractivity contribution in [2.24, 2.45) is 17.8 Å². The Bertz CT molecular complexity index is 778. The van der Waals surface area contributed by atoms with Crippen LogP contribution in [-0.4, -0.2) is 61.1 Å². The second-order valence-corrected chi connectivity index (χ2v) is 8.69. The molecule has 0 aromatic rings. The summed E-state index contributed by atoms with van der Waals surface area (Å²) >= 11 is 0. The maximum atomic E-state index is 12.5. The summed E-state index contributed by atoms with van der Waals surface area (Å²) in [5.74, 6) is -2.53. The van der Waals surface area contributed by atoms with Crippen molar-refractivity contribution in [2.45, 2.75) is 49.3 Å². The van der Waals surface area contributed by atoms with E-state index >= 15 is 0 Å². The van der Waals surface area contributed by atoms with Crippen LogP contribution in [0.5, 0.6) is 0 Å². The van der Waals surface area contributed by atoms with Crippen LogP contribution in [0, 0.1) is 17.8 Å². The van der Waals surface area contributed by atoms with Gasteiger partial charge in [0.15, 0.2) is 0 Å². The van der Waals surface area contributed by atoms with Gasteiger partial charge >= 0.3 is 24.1 Å². The smallest absolute Gasteiger partial charge is 0.411 e. The van der Waals surface area contributed by atoms with Crippen LogP contribution in [0.15, 0.2) is 0 Å². The number of halogens is 3. The number of hydrogen-bond acceptors (Lipinski definition) is 8. The number of carbonyl (C=O) groups is 3. The van der Waals surface area contributed by atoms with E-state index in [4.69, 9.17) is 14.0 Å². The van der Waals surface area contributed by atoms with E-state index in [-0.39, 0.29) is 23.7 Å². The van der Waals surface area contributed by atoms with Gasteiger partial charge in [-0.05, 0) is 12.8 Å². The fraction of sp³-hybridized carbons (Fsp3) is 0.800. The average Bonchev–Trinajstić information content (AvgIpc) is 3.15. The molecule has 1 saturated heterocycles. The van der Waals surface area contributed by atoms with Crippen molar-refractivity contribution in [3.63, 3.8) is 0 Å². The SMILES string of the molecule is O=C(CCC(=O)OC1C2CC3C(=O)OC1C3C2)OCC(C(F)(F)F)S(=O)(=O)O. The Hall–Kier alpha value is -1.89. The molecule has 1 N–H and O–H groups in total. The van der Waals surface area contributed by atoms with Gasteiger partial charge in [0.1, 0.15) is 18.8 Å². The second kappa shape index (κ2) is 7.17. The molecule has 1 heterocycles. The first kappa shape index (κ1) is 20.8. The molecular weight excluding hydrogens is 413 g/mol. The van der Waals surface area contributed by atoms with Crippen LogP contribution in [0.3, 0.4) is 0 Å². The molecule has 13 heteroatoms. The van der Waals surface area contributed by atoms with Gasteiger partial charge in [-0.3, -0.25) is 18.9 Å². The molecular formula is C15H17F3O9S. The fourth-order valence-corrected chi connectivity index (χ4v) is 4.65. The molecule has 0 aromatic carbocycles. The van der Waals surface area contributed by atoms with Crippen LogP contribution in [0.25, 0.3) is 0 Å². The Labute approximate surface area is 157 Å². The molecule has 0 aromatic heterocycles. The first-order chi connectivity index (χ1) is 12.9. The minimum Gasteiger partial charge on any atom is -0.464 e. The molecule has 3 rings (SSSR count). The highest BCUT2D eigenvalue weighted by Crippen LogP contribution is 2.55. The topological polar surface area (TPSA) is 133 Å². The molecule has 6 atom stereocenters. The zero-order valence-corrected chi connectivity index (χ0v) is 15.1. The lowest BCUT2D eigenvalue weighted by Crippen LogP contribution is -2.40. The van der Waals surface area contributed by atoms with Gasteiger partial charge in [-0.1, -0.05) is 0 Å². The van der Waals surface area contributed by atoms with Gasteiger partial charge in [0, 0.05) is 11.8 Å². The lowest BCUT2D eigenvalue weighted by molar-refractivity contribution is -0.165. The van der Waals surface area contributed by atoms with Crippen molar-refractivity contribution in [2.75, 3.05) is 6.61 Å². The summed E-state index contributed by atoms with van der Waals surface area (Å²) in [6, 6.07) is 0. The van der Waals surface area contributed by atoms with Gasteiger partial charge in [-0.25, -0.2) is 0 Å². The number of rotatable bonds is 7. The van der Waals surface area contributed by atoms with E-state index in [0.717, 1.165) is 0 Å². The molecule has 3 fully saturated rings. The van der Waals surface area contributed by atoms with Crippen molar-refractivity contribution in [1.82, 2.24) is 0 Å². The quantitative estimate of drug-likeness (QED) is 0.350. The summed E-state index contributed by atoms with van der Waals surface area (Å²) in [7, 11) is -5.52. The summed E-state index contributed by atoms with van der Waals surface area (Å²) in [6.45, 7) is -1.62. The van der Waals surface area contributed by atoms with Crippen LogP contribution >= 0.6 is 0 Å². The van der Waals surface area contributed by atoms with Crippen LogP contribution in [-0.2, 0) is 38.7 Å². The Morgan fingerprint density at radius 2 is 1.86 bits per heavy atom. The van der Waals surface area contributed by atoms with Gasteiger partial charge in [0.2, 0.25) is 5.25 Å². The number of hydrogen-bond donors (Lipinski definition) is 1. The van der Waals surface area contributed by atoms with Crippen LogP contribution in [0.1, 0.15) is 25.7 Å². The minimum absolute atomic E-state index is 0.00958. The number of ether oxygens (including phenoxy) is 3. The van der Waals surface area contributed by atoms with Crippen LogP contribution < -0.4 is 0 Å². The molecule has 28 heavy (non-hydrogen) atoms. The minimum atomic E-state index is -5.52. The first-order valence-electron chi connectivity index (χ1n) is 8.46. The molecule has 2 bridgehead atoms. The summed E-state index contributed by atoms with van der Waals surface area (Å²) in [5.41, 5.74) is 0.